The van der Waals surface area contributed by atoms with Crippen molar-refractivity contribution in [2.45, 2.75) is 44.9 Å². The Kier molecular flexibility index (Phi) is 2.79. The number of carboxylic acid groups (broad SMARTS) is 1. The van der Waals surface area contributed by atoms with Crippen LogP contribution in [0, 0.1) is 17.3 Å². The Balaban J connectivity index is 1.70. The fourth-order valence-electron chi connectivity index (χ4n) is 5.42. The molecular formula is C19H22O2. The van der Waals surface area contributed by atoms with E-state index >= 15 is 0 Å². The third-order valence-corrected chi connectivity index (χ3v) is 6.45. The molecule has 0 bridgehead atoms. The van der Waals surface area contributed by atoms with Gasteiger partial charge in [-0.05, 0) is 61.0 Å². The molecule has 3 aliphatic carbocycles. The number of aliphatic carboxylic acids is 1. The summed E-state index contributed by atoms with van der Waals surface area (Å²) in [5, 5.41) is 9.50. The molecule has 1 aromatic carbocycles. The SMILES string of the molecule is C[C@]12CC[C@@H]3c4ccccc4CC[C@H]3[C@@H]1CC=C2C(=O)O. The van der Waals surface area contributed by atoms with E-state index in [4.69, 9.17) is 0 Å². The molecule has 1 N–H and O–H groups in total. The quantitative estimate of drug-likeness (QED) is 0.839. The number of hydrogen-bond acceptors (Lipinski definition) is 1. The lowest BCUT2D eigenvalue weighted by atomic mass is 9.54. The number of rotatable bonds is 1. The van der Waals surface area contributed by atoms with Gasteiger partial charge in [-0.3, -0.25) is 0 Å². The minimum absolute atomic E-state index is 0.0979. The molecule has 1 fully saturated rings. The number of carbonyl (C=O) groups is 1. The summed E-state index contributed by atoms with van der Waals surface area (Å²) in [5.74, 6) is 1.13. The summed E-state index contributed by atoms with van der Waals surface area (Å²) in [6, 6.07) is 8.88. The van der Waals surface area contributed by atoms with Crippen molar-refractivity contribution in [3.05, 3.63) is 47.0 Å². The summed E-state index contributed by atoms with van der Waals surface area (Å²) < 4.78 is 0. The standard InChI is InChI=1S/C19H22O2/c1-19-11-10-14-13-5-3-2-4-12(13)6-7-15(14)16(19)8-9-17(19)18(20)21/h2-5,9,14-16H,6-8,10-11H2,1H3,(H,20,21)/t14-,15-,16+,19+/m1/s1. The number of allylic oxidation sites excluding steroid dienone is 1. The molecule has 0 radical (unpaired) electrons. The van der Waals surface area contributed by atoms with Crippen LogP contribution < -0.4 is 0 Å². The van der Waals surface area contributed by atoms with Crippen molar-refractivity contribution < 1.29 is 9.90 Å². The molecule has 0 unspecified atom stereocenters. The average Bonchev–Trinajstić information content (AvgIpc) is 2.84. The highest BCUT2D eigenvalue weighted by atomic mass is 16.4. The second kappa shape index (κ2) is 4.46. The Morgan fingerprint density at radius 3 is 2.90 bits per heavy atom. The van der Waals surface area contributed by atoms with E-state index in [1.54, 1.807) is 5.56 Å². The number of carboxylic acids is 1. The average molecular weight is 282 g/mol. The van der Waals surface area contributed by atoms with Gasteiger partial charge in [0.1, 0.15) is 0 Å². The van der Waals surface area contributed by atoms with Gasteiger partial charge in [-0.2, -0.15) is 0 Å². The topological polar surface area (TPSA) is 37.3 Å². The van der Waals surface area contributed by atoms with Crippen molar-refractivity contribution in [2.24, 2.45) is 17.3 Å². The van der Waals surface area contributed by atoms with Crippen LogP contribution in [0.5, 0.6) is 0 Å². The van der Waals surface area contributed by atoms with Gasteiger partial charge in [0.25, 0.3) is 0 Å². The normalized spacial score (nSPS) is 37.2. The lowest BCUT2D eigenvalue weighted by Crippen LogP contribution is -2.42. The maximum absolute atomic E-state index is 11.6. The lowest BCUT2D eigenvalue weighted by Gasteiger charge is -2.49. The summed E-state index contributed by atoms with van der Waals surface area (Å²) >= 11 is 0. The van der Waals surface area contributed by atoms with Crippen LogP contribution in [0.2, 0.25) is 0 Å². The molecule has 1 saturated carbocycles. The van der Waals surface area contributed by atoms with Crippen LogP contribution in [0.3, 0.4) is 0 Å². The predicted molar refractivity (Wildman–Crippen MR) is 82.2 cm³/mol. The van der Waals surface area contributed by atoms with Gasteiger partial charge >= 0.3 is 5.97 Å². The Labute approximate surface area is 125 Å². The maximum Gasteiger partial charge on any atom is 0.331 e. The van der Waals surface area contributed by atoms with Crippen molar-refractivity contribution in [3.63, 3.8) is 0 Å². The molecule has 4 atom stereocenters. The van der Waals surface area contributed by atoms with E-state index in [1.807, 2.05) is 6.08 Å². The molecule has 2 heteroatoms. The van der Waals surface area contributed by atoms with Gasteiger partial charge in [0.2, 0.25) is 0 Å². The van der Waals surface area contributed by atoms with Crippen LogP contribution in [0.25, 0.3) is 0 Å². The first-order valence-electron chi connectivity index (χ1n) is 8.13. The van der Waals surface area contributed by atoms with E-state index < -0.39 is 5.97 Å². The molecule has 0 spiro atoms. The first-order chi connectivity index (χ1) is 10.1. The highest BCUT2D eigenvalue weighted by molar-refractivity contribution is 5.89. The zero-order chi connectivity index (χ0) is 14.6. The number of aryl methyl sites for hydroxylation is 1. The third kappa shape index (κ3) is 1.74. The van der Waals surface area contributed by atoms with Gasteiger partial charge in [0, 0.05) is 11.0 Å². The number of benzene rings is 1. The van der Waals surface area contributed by atoms with Crippen LogP contribution in [0.4, 0.5) is 0 Å². The van der Waals surface area contributed by atoms with Crippen molar-refractivity contribution in [1.29, 1.82) is 0 Å². The van der Waals surface area contributed by atoms with Gasteiger partial charge in [0.05, 0.1) is 0 Å². The molecular weight excluding hydrogens is 260 g/mol. The van der Waals surface area contributed by atoms with Crippen LogP contribution in [-0.4, -0.2) is 11.1 Å². The monoisotopic (exact) mass is 282 g/mol. The minimum Gasteiger partial charge on any atom is -0.478 e. The summed E-state index contributed by atoms with van der Waals surface area (Å²) in [7, 11) is 0. The van der Waals surface area contributed by atoms with Gasteiger partial charge in [-0.25, -0.2) is 4.79 Å². The highest BCUT2D eigenvalue weighted by Gasteiger charge is 2.53. The molecule has 21 heavy (non-hydrogen) atoms. The zero-order valence-electron chi connectivity index (χ0n) is 12.5. The molecule has 0 heterocycles. The van der Waals surface area contributed by atoms with Crippen molar-refractivity contribution in [2.75, 3.05) is 0 Å². The van der Waals surface area contributed by atoms with Crippen molar-refractivity contribution in [1.82, 2.24) is 0 Å². The first-order valence-corrected chi connectivity index (χ1v) is 8.13. The predicted octanol–water partition coefficient (Wildman–Crippen LogP) is 4.16. The van der Waals surface area contributed by atoms with Crippen molar-refractivity contribution in [3.8, 4) is 0 Å². The van der Waals surface area contributed by atoms with Crippen LogP contribution >= 0.6 is 0 Å². The van der Waals surface area contributed by atoms with Gasteiger partial charge in [-0.15, -0.1) is 0 Å². The summed E-state index contributed by atoms with van der Waals surface area (Å²) in [6.45, 7) is 2.20. The molecule has 110 valence electrons. The Bertz CT molecular complexity index is 630. The van der Waals surface area contributed by atoms with Crippen LogP contribution in [0.15, 0.2) is 35.9 Å². The van der Waals surface area contributed by atoms with Crippen molar-refractivity contribution >= 4 is 5.97 Å². The van der Waals surface area contributed by atoms with E-state index in [-0.39, 0.29) is 5.41 Å². The third-order valence-electron chi connectivity index (χ3n) is 6.45. The molecule has 2 nitrogen and oxygen atoms in total. The molecule has 3 aliphatic rings. The van der Waals surface area contributed by atoms with E-state index in [9.17, 15) is 9.90 Å². The number of hydrogen-bond donors (Lipinski definition) is 1. The number of fused-ring (bicyclic) bond motifs is 5. The first kappa shape index (κ1) is 13.1. The largest absolute Gasteiger partial charge is 0.478 e. The Morgan fingerprint density at radius 2 is 2.10 bits per heavy atom. The van der Waals surface area contributed by atoms with Crippen LogP contribution in [0.1, 0.15) is 49.7 Å². The lowest BCUT2D eigenvalue weighted by molar-refractivity contribution is -0.134. The molecule has 0 aromatic heterocycles. The van der Waals surface area contributed by atoms with Gasteiger partial charge in [-0.1, -0.05) is 37.3 Å². The fraction of sp³-hybridized carbons (Fsp3) is 0.526. The van der Waals surface area contributed by atoms with E-state index in [1.165, 1.54) is 12.0 Å². The summed E-state index contributed by atoms with van der Waals surface area (Å²) in [4.78, 5) is 11.6. The fourth-order valence-corrected chi connectivity index (χ4v) is 5.42. The Hall–Kier alpha value is -1.57. The van der Waals surface area contributed by atoms with E-state index in [2.05, 4.69) is 31.2 Å². The Morgan fingerprint density at radius 1 is 1.29 bits per heavy atom. The molecule has 0 saturated heterocycles. The molecule has 1 aromatic rings. The summed E-state index contributed by atoms with van der Waals surface area (Å²) in [6.07, 6.45) is 7.51. The zero-order valence-corrected chi connectivity index (χ0v) is 12.5. The van der Waals surface area contributed by atoms with Crippen LogP contribution in [-0.2, 0) is 11.2 Å². The molecule has 4 rings (SSSR count). The summed E-state index contributed by atoms with van der Waals surface area (Å²) in [5.41, 5.74) is 3.65. The second-order valence-electron chi connectivity index (χ2n) is 7.23. The minimum atomic E-state index is -0.699. The maximum atomic E-state index is 11.6. The second-order valence-corrected chi connectivity index (χ2v) is 7.23. The molecule has 0 amide bonds. The van der Waals surface area contributed by atoms with E-state index in [0.717, 1.165) is 25.7 Å². The van der Waals surface area contributed by atoms with Gasteiger partial charge < -0.3 is 5.11 Å². The highest BCUT2D eigenvalue weighted by Crippen LogP contribution is 2.60. The smallest absolute Gasteiger partial charge is 0.331 e. The van der Waals surface area contributed by atoms with E-state index in [0.29, 0.717) is 23.3 Å². The molecule has 0 aliphatic heterocycles. The van der Waals surface area contributed by atoms with Gasteiger partial charge in [0.15, 0.2) is 0 Å².